The van der Waals surface area contributed by atoms with Crippen molar-refractivity contribution in [1.82, 2.24) is 24.5 Å². The molecule has 10 nitrogen and oxygen atoms in total. The van der Waals surface area contributed by atoms with Crippen molar-refractivity contribution in [3.63, 3.8) is 0 Å². The molecule has 0 spiro atoms. The van der Waals surface area contributed by atoms with Crippen molar-refractivity contribution in [2.75, 3.05) is 38.7 Å². The van der Waals surface area contributed by atoms with Crippen LogP contribution in [0.15, 0.2) is 46.8 Å². The summed E-state index contributed by atoms with van der Waals surface area (Å²) >= 11 is 1.53. The van der Waals surface area contributed by atoms with Gasteiger partial charge in [0.05, 0.1) is 29.8 Å². The van der Waals surface area contributed by atoms with Crippen molar-refractivity contribution in [3.8, 4) is 11.5 Å². The number of hydrogen-bond acceptors (Lipinski definition) is 9. The van der Waals surface area contributed by atoms with Gasteiger partial charge in [0.15, 0.2) is 16.5 Å². The van der Waals surface area contributed by atoms with E-state index >= 15 is 0 Å². The summed E-state index contributed by atoms with van der Waals surface area (Å²) in [6, 6.07) is 5.74. The molecule has 0 aliphatic carbocycles. The van der Waals surface area contributed by atoms with E-state index in [0.717, 1.165) is 60.2 Å². The molecule has 0 radical (unpaired) electrons. The van der Waals surface area contributed by atoms with Gasteiger partial charge in [0.25, 0.3) is 0 Å². The number of likely N-dealkylation sites (tertiary alicyclic amines) is 1. The number of carbonyl (C=O) groups is 1. The third-order valence-corrected chi connectivity index (χ3v) is 7.18. The topological polar surface area (TPSA) is 107 Å². The second kappa shape index (κ2) is 12.3. The maximum Gasteiger partial charge on any atom is 0.222 e. The number of aromatic nitrogens is 4. The van der Waals surface area contributed by atoms with Gasteiger partial charge >= 0.3 is 0 Å². The number of nitrogens with one attached hydrogen (secondary N) is 1. The minimum absolute atomic E-state index is 0.260. The molecule has 4 aromatic heterocycles. The SMILES string of the molecule is C=Cc1oc(-c2cn3nc(C)ccc3n2)cc1/C(=C\COC)OCc1csc(NCCCN2CCCC2=O)n1. The number of ether oxygens (including phenoxy) is 2. The Morgan fingerprint density at radius 3 is 3.03 bits per heavy atom. The van der Waals surface area contributed by atoms with Crippen LogP contribution in [-0.2, 0) is 20.9 Å². The van der Waals surface area contributed by atoms with Gasteiger partial charge in [0, 0.05) is 38.5 Å². The van der Waals surface area contributed by atoms with Crippen LogP contribution in [0.5, 0.6) is 0 Å². The Morgan fingerprint density at radius 2 is 2.23 bits per heavy atom. The summed E-state index contributed by atoms with van der Waals surface area (Å²) in [6.07, 6.45) is 7.88. The lowest BCUT2D eigenvalue weighted by molar-refractivity contribution is -0.127. The van der Waals surface area contributed by atoms with E-state index in [1.807, 2.05) is 47.7 Å². The van der Waals surface area contributed by atoms with Crippen LogP contribution in [-0.4, -0.2) is 63.7 Å². The van der Waals surface area contributed by atoms with Gasteiger partial charge in [-0.1, -0.05) is 6.58 Å². The van der Waals surface area contributed by atoms with Crippen molar-refractivity contribution in [2.45, 2.75) is 32.8 Å². The quantitative estimate of drug-likeness (QED) is 0.183. The first kappa shape index (κ1) is 26.6. The van der Waals surface area contributed by atoms with Crippen LogP contribution in [0.25, 0.3) is 28.9 Å². The number of carbonyl (C=O) groups excluding carboxylic acids is 1. The van der Waals surface area contributed by atoms with Gasteiger partial charge in [0.1, 0.15) is 23.8 Å². The van der Waals surface area contributed by atoms with Gasteiger partial charge in [-0.3, -0.25) is 4.79 Å². The Bertz CT molecular complexity index is 1490. The largest absolute Gasteiger partial charge is 0.487 e. The van der Waals surface area contributed by atoms with Crippen LogP contribution in [0, 0.1) is 6.92 Å². The van der Waals surface area contributed by atoms with E-state index in [9.17, 15) is 4.79 Å². The van der Waals surface area contributed by atoms with Crippen LogP contribution in [0.4, 0.5) is 5.13 Å². The molecule has 0 bridgehead atoms. The highest BCUT2D eigenvalue weighted by molar-refractivity contribution is 7.13. The molecular formula is C28H32N6O4S. The highest BCUT2D eigenvalue weighted by Gasteiger charge is 2.20. The van der Waals surface area contributed by atoms with Crippen molar-refractivity contribution < 1.29 is 18.7 Å². The summed E-state index contributed by atoms with van der Waals surface area (Å²) in [5.74, 6) is 2.03. The summed E-state index contributed by atoms with van der Waals surface area (Å²) in [5, 5.41) is 10.6. The Labute approximate surface area is 231 Å². The first-order valence-electron chi connectivity index (χ1n) is 12.9. The number of rotatable bonds is 13. The summed E-state index contributed by atoms with van der Waals surface area (Å²) in [7, 11) is 1.63. The average Bonchev–Trinajstić information content (AvgIpc) is 3.73. The normalized spacial score (nSPS) is 13.9. The minimum Gasteiger partial charge on any atom is -0.487 e. The fraction of sp³-hybridized carbons (Fsp3) is 0.357. The van der Waals surface area contributed by atoms with E-state index in [1.165, 1.54) is 11.3 Å². The number of imidazole rings is 1. The zero-order valence-electron chi connectivity index (χ0n) is 22.2. The molecule has 5 rings (SSSR count). The van der Waals surface area contributed by atoms with Crippen LogP contribution in [0.2, 0.25) is 0 Å². The molecule has 1 amide bonds. The zero-order valence-corrected chi connectivity index (χ0v) is 23.0. The van der Waals surface area contributed by atoms with Crippen LogP contribution in [0.1, 0.15) is 42.0 Å². The maximum atomic E-state index is 11.8. The number of amides is 1. The molecule has 11 heteroatoms. The standard InChI is InChI=1S/C28H32N6O4S/c1-4-23-21(15-25(38-23)22-16-34-26(31-22)9-8-19(2)32-34)24(10-14-36-3)37-17-20-18-39-28(30-20)29-11-6-13-33-12-5-7-27(33)35/h4,8-10,15-16,18H,1,5-7,11-14,17H2,2-3H3,(H,29,30)/b24-10+. The molecule has 1 fully saturated rings. The van der Waals surface area contributed by atoms with Crippen LogP contribution < -0.4 is 5.32 Å². The predicted octanol–water partition coefficient (Wildman–Crippen LogP) is 5.03. The summed E-state index contributed by atoms with van der Waals surface area (Å²) in [6.45, 7) is 8.92. The van der Waals surface area contributed by atoms with Crippen molar-refractivity contribution in [3.05, 3.63) is 65.1 Å². The molecule has 1 saturated heterocycles. The molecule has 0 unspecified atom stereocenters. The molecule has 204 valence electrons. The van der Waals surface area contributed by atoms with Crippen molar-refractivity contribution in [2.24, 2.45) is 0 Å². The van der Waals surface area contributed by atoms with Crippen LogP contribution >= 0.6 is 11.3 Å². The number of anilines is 1. The van der Waals surface area contributed by atoms with Gasteiger partial charge in [0.2, 0.25) is 5.91 Å². The number of aryl methyl sites for hydroxylation is 1. The molecule has 0 atom stereocenters. The van der Waals surface area contributed by atoms with E-state index in [2.05, 4.69) is 27.0 Å². The Morgan fingerprint density at radius 1 is 1.33 bits per heavy atom. The lowest BCUT2D eigenvalue weighted by Gasteiger charge is -2.14. The van der Waals surface area contributed by atoms with Gasteiger partial charge in [-0.2, -0.15) is 5.10 Å². The Hall–Kier alpha value is -3.96. The highest BCUT2D eigenvalue weighted by Crippen LogP contribution is 2.32. The van der Waals surface area contributed by atoms with E-state index in [1.54, 1.807) is 17.7 Å². The van der Waals surface area contributed by atoms with Crippen molar-refractivity contribution in [1.29, 1.82) is 0 Å². The monoisotopic (exact) mass is 548 g/mol. The molecular weight excluding hydrogens is 516 g/mol. The molecule has 1 aliphatic rings. The molecule has 39 heavy (non-hydrogen) atoms. The third-order valence-electron chi connectivity index (χ3n) is 6.33. The lowest BCUT2D eigenvalue weighted by atomic mass is 10.1. The van der Waals surface area contributed by atoms with E-state index < -0.39 is 0 Å². The van der Waals surface area contributed by atoms with Crippen LogP contribution in [0.3, 0.4) is 0 Å². The molecule has 5 heterocycles. The average molecular weight is 549 g/mol. The van der Waals surface area contributed by atoms with Gasteiger partial charge in [-0.15, -0.1) is 11.3 Å². The minimum atomic E-state index is 0.260. The predicted molar refractivity (Wildman–Crippen MR) is 151 cm³/mol. The zero-order chi connectivity index (χ0) is 27.2. The van der Waals surface area contributed by atoms with E-state index in [-0.39, 0.29) is 12.5 Å². The first-order valence-corrected chi connectivity index (χ1v) is 13.8. The highest BCUT2D eigenvalue weighted by atomic mass is 32.1. The number of fused-ring (bicyclic) bond motifs is 1. The third kappa shape index (κ3) is 6.37. The molecule has 0 aromatic carbocycles. The van der Waals surface area contributed by atoms with Gasteiger partial charge in [-0.25, -0.2) is 14.5 Å². The van der Waals surface area contributed by atoms with Gasteiger partial charge < -0.3 is 24.1 Å². The fourth-order valence-corrected chi connectivity index (χ4v) is 5.11. The van der Waals surface area contributed by atoms with Crippen molar-refractivity contribution >= 4 is 39.9 Å². The molecule has 1 aliphatic heterocycles. The smallest absolute Gasteiger partial charge is 0.222 e. The summed E-state index contributed by atoms with van der Waals surface area (Å²) in [4.78, 5) is 23.0. The second-order valence-electron chi connectivity index (χ2n) is 9.22. The summed E-state index contributed by atoms with van der Waals surface area (Å²) in [5.41, 5.74) is 3.86. The molecule has 0 saturated carbocycles. The number of furan rings is 1. The fourth-order valence-electron chi connectivity index (χ4n) is 4.39. The number of hydrogen-bond donors (Lipinski definition) is 1. The Kier molecular flexibility index (Phi) is 8.38. The number of nitrogens with zero attached hydrogens (tertiary/aromatic N) is 5. The lowest BCUT2D eigenvalue weighted by Crippen LogP contribution is -2.26. The van der Waals surface area contributed by atoms with E-state index in [0.29, 0.717) is 36.0 Å². The molecule has 1 N–H and O–H groups in total. The number of thiazole rings is 1. The summed E-state index contributed by atoms with van der Waals surface area (Å²) < 4.78 is 19.3. The molecule has 4 aromatic rings. The maximum absolute atomic E-state index is 11.8. The first-order chi connectivity index (χ1) is 19.0. The Balaban J connectivity index is 1.24. The van der Waals surface area contributed by atoms with Gasteiger partial charge in [-0.05, 0) is 50.1 Å². The second-order valence-corrected chi connectivity index (χ2v) is 10.1. The number of methoxy groups -OCH3 is 1. The van der Waals surface area contributed by atoms with E-state index in [4.69, 9.17) is 13.9 Å².